The molecule has 2 aromatic rings. The van der Waals surface area contributed by atoms with Gasteiger partial charge in [0.2, 0.25) is 11.7 Å². The lowest BCUT2D eigenvalue weighted by molar-refractivity contribution is 0.183. The molecule has 2 unspecified atom stereocenters. The van der Waals surface area contributed by atoms with E-state index >= 15 is 0 Å². The molecule has 0 saturated heterocycles. The van der Waals surface area contributed by atoms with Gasteiger partial charge in [0.25, 0.3) is 0 Å². The second-order valence-corrected chi connectivity index (χ2v) is 6.42. The Bertz CT molecular complexity index is 631. The Morgan fingerprint density at radius 1 is 1.24 bits per heavy atom. The summed E-state index contributed by atoms with van der Waals surface area (Å²) in [5, 5.41) is 4.12. The van der Waals surface area contributed by atoms with E-state index in [0.29, 0.717) is 17.6 Å². The highest BCUT2D eigenvalue weighted by molar-refractivity contribution is 5.55. The molecule has 5 nitrogen and oxygen atoms in total. The van der Waals surface area contributed by atoms with Crippen LogP contribution in [0.4, 0.5) is 0 Å². The summed E-state index contributed by atoms with van der Waals surface area (Å²) in [6, 6.07) is 3.93. The smallest absolute Gasteiger partial charge is 0.247 e. The van der Waals surface area contributed by atoms with Gasteiger partial charge in [-0.1, -0.05) is 24.9 Å². The van der Waals surface area contributed by atoms with E-state index in [0.717, 1.165) is 36.2 Å². The van der Waals surface area contributed by atoms with Crippen molar-refractivity contribution in [2.24, 2.45) is 11.7 Å². The number of pyridine rings is 1. The van der Waals surface area contributed by atoms with Crippen LogP contribution >= 0.6 is 0 Å². The van der Waals surface area contributed by atoms with Gasteiger partial charge < -0.3 is 10.3 Å². The van der Waals surface area contributed by atoms with E-state index in [1.165, 1.54) is 6.42 Å². The molecule has 0 bridgehead atoms. The average Bonchev–Trinajstić information content (AvgIpc) is 2.87. The summed E-state index contributed by atoms with van der Waals surface area (Å²) < 4.78 is 5.48. The second kappa shape index (κ2) is 5.22. The zero-order valence-electron chi connectivity index (χ0n) is 12.9. The van der Waals surface area contributed by atoms with Crippen molar-refractivity contribution in [3.8, 4) is 11.4 Å². The van der Waals surface area contributed by atoms with Crippen LogP contribution in [-0.4, -0.2) is 15.1 Å². The van der Waals surface area contributed by atoms with Crippen LogP contribution in [0.25, 0.3) is 11.4 Å². The minimum absolute atomic E-state index is 0.472. The number of aryl methyl sites for hydroxylation is 2. The van der Waals surface area contributed by atoms with Crippen molar-refractivity contribution in [1.29, 1.82) is 0 Å². The summed E-state index contributed by atoms with van der Waals surface area (Å²) in [6.07, 6.45) is 4.15. The standard InChI is InChI=1S/C16H22N4O/c1-10-5-4-6-16(17,9-10)15-19-14(20-21-15)13-7-11(2)18-12(3)8-13/h7-8,10H,4-6,9,17H2,1-3H3. The van der Waals surface area contributed by atoms with Gasteiger partial charge in [-0.05, 0) is 44.7 Å². The maximum absolute atomic E-state index is 6.51. The van der Waals surface area contributed by atoms with E-state index in [1.807, 2.05) is 26.0 Å². The lowest BCUT2D eigenvalue weighted by atomic mass is 9.77. The molecule has 1 aliphatic carbocycles. The predicted molar refractivity (Wildman–Crippen MR) is 80.5 cm³/mol. The molecule has 0 aromatic carbocycles. The molecule has 0 spiro atoms. The molecule has 2 N–H and O–H groups in total. The zero-order chi connectivity index (χ0) is 15.0. The van der Waals surface area contributed by atoms with Crippen molar-refractivity contribution in [3.05, 3.63) is 29.4 Å². The molecule has 2 aromatic heterocycles. The fourth-order valence-corrected chi connectivity index (χ4v) is 3.29. The topological polar surface area (TPSA) is 77.8 Å². The van der Waals surface area contributed by atoms with Gasteiger partial charge in [-0.2, -0.15) is 4.98 Å². The number of hydrogen-bond donors (Lipinski definition) is 1. The molecule has 0 aliphatic heterocycles. The lowest BCUT2D eigenvalue weighted by Crippen LogP contribution is -2.41. The van der Waals surface area contributed by atoms with Crippen LogP contribution < -0.4 is 5.73 Å². The Hall–Kier alpha value is -1.75. The van der Waals surface area contributed by atoms with Crippen molar-refractivity contribution >= 4 is 0 Å². The second-order valence-electron chi connectivity index (χ2n) is 6.42. The number of nitrogens with zero attached hydrogens (tertiary/aromatic N) is 3. The highest BCUT2D eigenvalue weighted by Crippen LogP contribution is 2.37. The van der Waals surface area contributed by atoms with Gasteiger partial charge in [0.1, 0.15) is 0 Å². The van der Waals surface area contributed by atoms with E-state index in [1.54, 1.807) is 0 Å². The summed E-state index contributed by atoms with van der Waals surface area (Å²) in [7, 11) is 0. The Balaban J connectivity index is 1.92. The summed E-state index contributed by atoms with van der Waals surface area (Å²) >= 11 is 0. The van der Waals surface area contributed by atoms with Crippen molar-refractivity contribution in [2.75, 3.05) is 0 Å². The summed E-state index contributed by atoms with van der Waals surface area (Å²) in [4.78, 5) is 8.93. The third-order valence-electron chi connectivity index (χ3n) is 4.22. The van der Waals surface area contributed by atoms with E-state index in [4.69, 9.17) is 10.3 Å². The summed E-state index contributed by atoms with van der Waals surface area (Å²) in [5.41, 5.74) is 8.87. The molecular formula is C16H22N4O. The summed E-state index contributed by atoms with van der Waals surface area (Å²) in [6.45, 7) is 6.16. The first-order chi connectivity index (χ1) is 9.96. The molecule has 112 valence electrons. The number of hydrogen-bond acceptors (Lipinski definition) is 5. The Morgan fingerprint density at radius 3 is 2.62 bits per heavy atom. The van der Waals surface area contributed by atoms with Crippen molar-refractivity contribution in [3.63, 3.8) is 0 Å². The van der Waals surface area contributed by atoms with E-state index in [-0.39, 0.29) is 0 Å². The fourth-order valence-electron chi connectivity index (χ4n) is 3.29. The first kappa shape index (κ1) is 14.2. The van der Waals surface area contributed by atoms with Crippen molar-refractivity contribution in [1.82, 2.24) is 15.1 Å². The summed E-state index contributed by atoms with van der Waals surface area (Å²) in [5.74, 6) is 1.77. The number of nitrogens with two attached hydrogens (primary N) is 1. The van der Waals surface area contributed by atoms with Crippen molar-refractivity contribution in [2.45, 2.75) is 52.0 Å². The van der Waals surface area contributed by atoms with Gasteiger partial charge in [-0.25, -0.2) is 0 Å². The lowest BCUT2D eigenvalue weighted by Gasteiger charge is -2.33. The van der Waals surface area contributed by atoms with E-state index in [9.17, 15) is 0 Å². The quantitative estimate of drug-likeness (QED) is 0.917. The van der Waals surface area contributed by atoms with Gasteiger partial charge >= 0.3 is 0 Å². The van der Waals surface area contributed by atoms with Gasteiger partial charge in [0.15, 0.2) is 0 Å². The van der Waals surface area contributed by atoms with Gasteiger partial charge in [-0.3, -0.25) is 4.98 Å². The van der Waals surface area contributed by atoms with Gasteiger partial charge in [0, 0.05) is 17.0 Å². The average molecular weight is 286 g/mol. The van der Waals surface area contributed by atoms with Crippen molar-refractivity contribution < 1.29 is 4.52 Å². The van der Waals surface area contributed by atoms with Crippen LogP contribution in [0.15, 0.2) is 16.7 Å². The van der Waals surface area contributed by atoms with Crippen LogP contribution in [0.5, 0.6) is 0 Å². The minimum atomic E-state index is -0.472. The molecule has 0 amide bonds. The first-order valence-electron chi connectivity index (χ1n) is 7.55. The number of rotatable bonds is 2. The largest absolute Gasteiger partial charge is 0.337 e. The highest BCUT2D eigenvalue weighted by Gasteiger charge is 2.37. The van der Waals surface area contributed by atoms with E-state index < -0.39 is 5.54 Å². The Morgan fingerprint density at radius 2 is 1.95 bits per heavy atom. The van der Waals surface area contributed by atoms with Crippen LogP contribution in [0.2, 0.25) is 0 Å². The molecule has 3 rings (SSSR count). The van der Waals surface area contributed by atoms with Gasteiger partial charge in [-0.15, -0.1) is 0 Å². The molecule has 1 aliphatic rings. The normalized spacial score (nSPS) is 26.0. The molecule has 1 saturated carbocycles. The van der Waals surface area contributed by atoms with Crippen LogP contribution in [0.3, 0.4) is 0 Å². The third kappa shape index (κ3) is 2.83. The minimum Gasteiger partial charge on any atom is -0.337 e. The predicted octanol–water partition coefficient (Wildman–Crippen LogP) is 3.11. The maximum atomic E-state index is 6.51. The first-order valence-corrected chi connectivity index (χ1v) is 7.55. The van der Waals surface area contributed by atoms with E-state index in [2.05, 4.69) is 22.0 Å². The van der Waals surface area contributed by atoms with Gasteiger partial charge in [0.05, 0.1) is 5.54 Å². The van der Waals surface area contributed by atoms with Crippen LogP contribution in [0.1, 0.15) is 49.9 Å². The Labute approximate surface area is 125 Å². The highest BCUT2D eigenvalue weighted by atomic mass is 16.5. The molecule has 21 heavy (non-hydrogen) atoms. The van der Waals surface area contributed by atoms with Crippen LogP contribution in [-0.2, 0) is 5.54 Å². The maximum Gasteiger partial charge on any atom is 0.247 e. The number of aromatic nitrogens is 3. The van der Waals surface area contributed by atoms with Crippen LogP contribution in [0, 0.1) is 19.8 Å². The molecule has 1 fully saturated rings. The monoisotopic (exact) mass is 286 g/mol. The third-order valence-corrected chi connectivity index (χ3v) is 4.22. The molecule has 0 radical (unpaired) electrons. The molecule has 2 atom stereocenters. The molecule has 5 heteroatoms. The zero-order valence-corrected chi connectivity index (χ0v) is 12.9. The fraction of sp³-hybridized carbons (Fsp3) is 0.562. The molecule has 2 heterocycles. The molecular weight excluding hydrogens is 264 g/mol. The Kier molecular flexibility index (Phi) is 3.53. The SMILES string of the molecule is Cc1cc(-c2noc(C3(N)CCCC(C)C3)n2)cc(C)n1.